The summed E-state index contributed by atoms with van der Waals surface area (Å²) < 4.78 is 36.3. The standard InChI is InChI=1S/C25H22BF2N3O2/c1-14(2)17-7-8-20-22(10-17)30-23-12-24(15(3)9-21(23)29-20)31-13-19-6-5-18(16(4)32)11-25(19)33-26(31,27)28/h5-14H,1-4H3. The summed E-state index contributed by atoms with van der Waals surface area (Å²) in [5, 5.41) is 0. The number of rotatable bonds is 3. The topological polar surface area (TPSA) is 55.1 Å². The molecule has 0 fully saturated rings. The molecule has 0 unspecified atom stereocenters. The number of aryl methyl sites for hydroxylation is 1. The highest BCUT2D eigenvalue weighted by Gasteiger charge is 2.50. The number of benzene rings is 3. The third-order valence-electron chi connectivity index (χ3n) is 6.01. The molecule has 0 N–H and O–H groups in total. The summed E-state index contributed by atoms with van der Waals surface area (Å²) in [5.74, 6) is 0.122. The van der Waals surface area contributed by atoms with Gasteiger partial charge in [0.05, 0.1) is 33.4 Å². The zero-order chi connectivity index (χ0) is 23.5. The van der Waals surface area contributed by atoms with Gasteiger partial charge in [0.2, 0.25) is 0 Å². The van der Waals surface area contributed by atoms with Crippen LogP contribution in [0.15, 0.2) is 48.5 Å². The van der Waals surface area contributed by atoms with Crippen molar-refractivity contribution >= 4 is 46.8 Å². The third-order valence-corrected chi connectivity index (χ3v) is 6.01. The van der Waals surface area contributed by atoms with E-state index in [0.717, 1.165) is 21.1 Å². The number of halogens is 2. The third kappa shape index (κ3) is 3.65. The van der Waals surface area contributed by atoms with E-state index in [1.54, 1.807) is 31.2 Å². The Balaban J connectivity index is 1.68. The van der Waals surface area contributed by atoms with Crippen LogP contribution in [0, 0.1) is 6.92 Å². The van der Waals surface area contributed by atoms with Crippen molar-refractivity contribution in [2.75, 3.05) is 0 Å². The van der Waals surface area contributed by atoms with E-state index in [9.17, 15) is 4.79 Å². The maximum atomic E-state index is 15.2. The van der Waals surface area contributed by atoms with E-state index < -0.39 is 7.04 Å². The maximum Gasteiger partial charge on any atom is 0.834 e. The van der Waals surface area contributed by atoms with Crippen molar-refractivity contribution in [1.82, 2.24) is 9.97 Å². The van der Waals surface area contributed by atoms with Crippen LogP contribution in [-0.4, -0.2) is 33.5 Å². The second-order valence-electron chi connectivity index (χ2n) is 8.78. The second-order valence-corrected chi connectivity index (χ2v) is 8.78. The van der Waals surface area contributed by atoms with Gasteiger partial charge in [0.25, 0.3) is 0 Å². The molecule has 0 bridgehead atoms. The van der Waals surface area contributed by atoms with Crippen LogP contribution >= 0.6 is 0 Å². The Bertz CT molecular complexity index is 1500. The number of ketones is 1. The summed E-state index contributed by atoms with van der Waals surface area (Å²) in [6.07, 6.45) is 1.36. The van der Waals surface area contributed by atoms with Crippen LogP contribution in [0.1, 0.15) is 53.7 Å². The molecule has 0 saturated heterocycles. The lowest BCUT2D eigenvalue weighted by Crippen LogP contribution is -2.46. The van der Waals surface area contributed by atoms with Crippen molar-refractivity contribution in [3.8, 4) is 5.75 Å². The fourth-order valence-corrected chi connectivity index (χ4v) is 4.11. The normalized spacial score (nSPS) is 14.8. The fourth-order valence-electron chi connectivity index (χ4n) is 4.11. The molecule has 1 aromatic heterocycles. The number of hydrogen-bond donors (Lipinski definition) is 0. The van der Waals surface area contributed by atoms with Crippen LogP contribution in [0.25, 0.3) is 22.1 Å². The molecule has 0 radical (unpaired) electrons. The highest BCUT2D eigenvalue weighted by Crippen LogP contribution is 2.35. The molecular weight excluding hydrogens is 423 g/mol. The van der Waals surface area contributed by atoms with E-state index in [4.69, 9.17) is 9.64 Å². The van der Waals surface area contributed by atoms with Crippen molar-refractivity contribution in [1.29, 1.82) is 0 Å². The Labute approximate surface area is 189 Å². The second kappa shape index (κ2) is 7.44. The first-order valence-corrected chi connectivity index (χ1v) is 10.8. The van der Waals surface area contributed by atoms with Crippen molar-refractivity contribution < 1.29 is 22.6 Å². The van der Waals surface area contributed by atoms with Crippen LogP contribution < -0.4 is 4.65 Å². The van der Waals surface area contributed by atoms with Crippen LogP contribution in [0.3, 0.4) is 0 Å². The quantitative estimate of drug-likeness (QED) is 0.222. The Morgan fingerprint density at radius 3 is 2.39 bits per heavy atom. The molecule has 33 heavy (non-hydrogen) atoms. The summed E-state index contributed by atoms with van der Waals surface area (Å²) in [5.41, 5.74) is 5.51. The Morgan fingerprint density at radius 2 is 1.67 bits per heavy atom. The molecule has 5 nitrogen and oxygen atoms in total. The van der Waals surface area contributed by atoms with Gasteiger partial charge in [-0.1, -0.05) is 26.0 Å². The lowest BCUT2D eigenvalue weighted by atomic mass is 9.95. The Kier molecular flexibility index (Phi) is 4.77. The van der Waals surface area contributed by atoms with E-state index in [-0.39, 0.29) is 11.5 Å². The summed E-state index contributed by atoms with van der Waals surface area (Å²) in [4.78, 5) is 21.0. The van der Waals surface area contributed by atoms with Crippen LogP contribution in [0.5, 0.6) is 5.75 Å². The number of hydrogen-bond acceptors (Lipinski definition) is 4. The van der Waals surface area contributed by atoms with Gasteiger partial charge in [-0.05, 0) is 55.7 Å². The summed E-state index contributed by atoms with van der Waals surface area (Å²) in [7, 11) is -4.41. The van der Waals surface area contributed by atoms with Gasteiger partial charge in [-0.3, -0.25) is 4.79 Å². The average molecular weight is 445 g/mol. The van der Waals surface area contributed by atoms with E-state index in [1.807, 2.05) is 18.2 Å². The smallest absolute Gasteiger partial charge is 0.599 e. The predicted molar refractivity (Wildman–Crippen MR) is 126 cm³/mol. The molecule has 0 atom stereocenters. The Morgan fingerprint density at radius 1 is 0.970 bits per heavy atom. The minimum absolute atomic E-state index is 0.00519. The highest BCUT2D eigenvalue weighted by atomic mass is 19.3. The van der Waals surface area contributed by atoms with Gasteiger partial charge in [-0.2, -0.15) is 0 Å². The van der Waals surface area contributed by atoms with Gasteiger partial charge >= 0.3 is 7.04 Å². The number of carbonyl (C=O) groups is 1. The fraction of sp³-hybridized carbons (Fsp3) is 0.200. The number of aromatic nitrogens is 2. The van der Waals surface area contributed by atoms with Crippen molar-refractivity contribution in [3.05, 3.63) is 70.8 Å². The van der Waals surface area contributed by atoms with Gasteiger partial charge in [-0.15, -0.1) is 0 Å². The minimum Gasteiger partial charge on any atom is -0.599 e. The first kappa shape index (κ1) is 21.2. The first-order chi connectivity index (χ1) is 15.6. The van der Waals surface area contributed by atoms with Crippen molar-refractivity contribution in [2.24, 2.45) is 0 Å². The van der Waals surface area contributed by atoms with Crippen LogP contribution in [-0.2, 0) is 0 Å². The molecule has 3 aromatic carbocycles. The van der Waals surface area contributed by atoms with Gasteiger partial charge < -0.3 is 17.8 Å². The summed E-state index contributed by atoms with van der Waals surface area (Å²) >= 11 is 0. The molecule has 0 amide bonds. The van der Waals surface area contributed by atoms with Gasteiger partial charge in [0.1, 0.15) is 6.21 Å². The van der Waals surface area contributed by atoms with E-state index in [1.165, 1.54) is 19.2 Å². The molecule has 0 aliphatic carbocycles. The molecule has 166 valence electrons. The van der Waals surface area contributed by atoms with Crippen LogP contribution in [0.4, 0.5) is 14.3 Å². The number of carbonyl (C=O) groups excluding carboxylic acids is 1. The van der Waals surface area contributed by atoms with E-state index in [2.05, 4.69) is 18.8 Å². The minimum atomic E-state index is -4.41. The zero-order valence-corrected chi connectivity index (χ0v) is 18.8. The molecular formula is C25H22BF2N3O2. The molecule has 4 aromatic rings. The van der Waals surface area contributed by atoms with Gasteiger partial charge in [0, 0.05) is 17.2 Å². The summed E-state index contributed by atoms with van der Waals surface area (Å²) in [6.45, 7) is 7.35. The van der Waals surface area contributed by atoms with E-state index >= 15 is 8.63 Å². The number of fused-ring (bicyclic) bond motifs is 3. The number of Topliss-reactive ketones (excluding diaryl/α,β-unsaturated/α-hetero) is 1. The molecule has 1 aliphatic heterocycles. The molecule has 0 spiro atoms. The Hall–Kier alpha value is -3.68. The van der Waals surface area contributed by atoms with Crippen molar-refractivity contribution in [2.45, 2.75) is 33.6 Å². The van der Waals surface area contributed by atoms with Crippen LogP contribution in [0.2, 0.25) is 0 Å². The highest BCUT2D eigenvalue weighted by molar-refractivity contribution is 6.53. The largest absolute Gasteiger partial charge is 0.834 e. The lowest BCUT2D eigenvalue weighted by molar-refractivity contribution is -0.344. The molecule has 2 heterocycles. The first-order valence-electron chi connectivity index (χ1n) is 10.8. The lowest BCUT2D eigenvalue weighted by Gasteiger charge is -2.29. The SMILES string of the molecule is CC(=O)c1ccc2c(c1)O[B-](F)(F)[N+](c1cc3nc4cc(C(C)C)ccc4nc3cc1C)=C2. The molecule has 1 aliphatic rings. The average Bonchev–Trinajstić information content (AvgIpc) is 2.75. The predicted octanol–water partition coefficient (Wildman–Crippen LogP) is 5.95. The number of nitrogens with zero attached hydrogens (tertiary/aromatic N) is 3. The molecule has 8 heteroatoms. The maximum absolute atomic E-state index is 15.2. The van der Waals surface area contributed by atoms with Gasteiger partial charge in [-0.25, -0.2) is 9.97 Å². The van der Waals surface area contributed by atoms with Crippen molar-refractivity contribution in [3.63, 3.8) is 0 Å². The van der Waals surface area contributed by atoms with Gasteiger partial charge in [0.15, 0.2) is 11.5 Å². The molecule has 0 saturated carbocycles. The monoisotopic (exact) mass is 445 g/mol. The molecule has 5 rings (SSSR count). The zero-order valence-electron chi connectivity index (χ0n) is 18.8. The summed E-state index contributed by atoms with van der Waals surface area (Å²) in [6, 6.07) is 13.9. The van der Waals surface area contributed by atoms with E-state index in [0.29, 0.717) is 39.3 Å².